The number of hydrogen-bond acceptors (Lipinski definition) is 5. The van der Waals surface area contributed by atoms with Crippen molar-refractivity contribution >= 4 is 18.0 Å². The van der Waals surface area contributed by atoms with E-state index in [1.165, 1.54) is 13.8 Å². The fourth-order valence-corrected chi connectivity index (χ4v) is 5.76. The number of aromatic nitrogens is 1. The zero-order valence-corrected chi connectivity index (χ0v) is 19.7. The highest BCUT2D eigenvalue weighted by Gasteiger charge is 2.70. The lowest BCUT2D eigenvalue weighted by molar-refractivity contribution is -0.182. The number of nitriles is 1. The molecule has 2 aromatic rings. The summed E-state index contributed by atoms with van der Waals surface area (Å²) in [6.45, 7) is 4.56. The summed E-state index contributed by atoms with van der Waals surface area (Å²) >= 11 is 0. The molecule has 2 N–H and O–H groups in total. The number of benzene rings is 1. The molecule has 1 aromatic carbocycles. The second-order valence-corrected chi connectivity index (χ2v) is 9.59. The molecular weight excluding hydrogens is 452 g/mol. The molecule has 1 amide bonds. The molecule has 182 valence electrons. The number of allylic oxidation sites excluding steroid dienone is 1. The summed E-state index contributed by atoms with van der Waals surface area (Å²) in [7, 11) is 0. The lowest BCUT2D eigenvalue weighted by atomic mass is 9.52. The Labute approximate surface area is 202 Å². The number of fused-ring (bicyclic) bond motifs is 1. The number of nitrogens with zero attached hydrogens (tertiary/aromatic N) is 2. The van der Waals surface area contributed by atoms with E-state index >= 15 is 8.78 Å². The molecule has 0 radical (unpaired) electrons. The Morgan fingerprint density at radius 1 is 1.29 bits per heavy atom. The number of cyclic esters (lactones) is 1. The molecule has 4 rings (SSSR count). The fourth-order valence-electron chi connectivity index (χ4n) is 5.76. The van der Waals surface area contributed by atoms with E-state index in [-0.39, 0.29) is 0 Å². The van der Waals surface area contributed by atoms with E-state index in [1.54, 1.807) is 43.5 Å². The number of hydrogen-bond donors (Lipinski definition) is 1. The molecule has 0 bridgehead atoms. The van der Waals surface area contributed by atoms with Crippen LogP contribution in [0.25, 0.3) is 17.2 Å². The summed E-state index contributed by atoms with van der Waals surface area (Å²) < 4.78 is 36.0. The van der Waals surface area contributed by atoms with Gasteiger partial charge in [0.1, 0.15) is 6.10 Å². The molecule has 1 aromatic heterocycles. The van der Waals surface area contributed by atoms with Gasteiger partial charge in [0.05, 0.1) is 28.7 Å². The van der Waals surface area contributed by atoms with E-state index in [0.29, 0.717) is 11.3 Å². The zero-order chi connectivity index (χ0) is 25.5. The Morgan fingerprint density at radius 3 is 2.63 bits per heavy atom. The van der Waals surface area contributed by atoms with Gasteiger partial charge in [0.25, 0.3) is 5.92 Å². The SMILES string of the molecule is C[C@H]1OC(=O)[C@]2([C@@H](C)C(N)=O)CC(F)(F)[C@@H](C)[C@H](C=Cc3ccc(-c4ccccc4C#N)cn3)[C@H]12. The zero-order valence-electron chi connectivity index (χ0n) is 19.7. The van der Waals surface area contributed by atoms with Gasteiger partial charge in [-0.2, -0.15) is 5.26 Å². The third-order valence-corrected chi connectivity index (χ3v) is 7.79. The van der Waals surface area contributed by atoms with Gasteiger partial charge >= 0.3 is 5.97 Å². The third-order valence-electron chi connectivity index (χ3n) is 7.79. The first-order valence-corrected chi connectivity index (χ1v) is 11.5. The summed E-state index contributed by atoms with van der Waals surface area (Å²) in [5, 5.41) is 9.33. The number of ether oxygens (including phenoxy) is 1. The van der Waals surface area contributed by atoms with Crippen molar-refractivity contribution in [2.24, 2.45) is 34.8 Å². The minimum atomic E-state index is -3.20. The van der Waals surface area contributed by atoms with Gasteiger partial charge in [-0.1, -0.05) is 44.2 Å². The van der Waals surface area contributed by atoms with Crippen molar-refractivity contribution in [3.63, 3.8) is 0 Å². The van der Waals surface area contributed by atoms with Crippen molar-refractivity contribution in [3.8, 4) is 17.2 Å². The monoisotopic (exact) mass is 479 g/mol. The second-order valence-electron chi connectivity index (χ2n) is 9.59. The van der Waals surface area contributed by atoms with Gasteiger partial charge in [-0.05, 0) is 31.1 Å². The smallest absolute Gasteiger partial charge is 0.313 e. The van der Waals surface area contributed by atoms with Crippen molar-refractivity contribution < 1.29 is 23.1 Å². The van der Waals surface area contributed by atoms with Crippen LogP contribution in [0.2, 0.25) is 0 Å². The quantitative estimate of drug-likeness (QED) is 0.631. The summed E-state index contributed by atoms with van der Waals surface area (Å²) in [6, 6.07) is 12.9. The molecule has 2 aliphatic rings. The number of pyridine rings is 1. The summed E-state index contributed by atoms with van der Waals surface area (Å²) in [5.74, 6) is -8.36. The van der Waals surface area contributed by atoms with E-state index in [0.717, 1.165) is 11.1 Å². The number of carbonyl (C=O) groups is 2. The average Bonchev–Trinajstić information content (AvgIpc) is 3.08. The molecule has 0 unspecified atom stereocenters. The van der Waals surface area contributed by atoms with Crippen LogP contribution in [0.4, 0.5) is 8.78 Å². The molecule has 2 heterocycles. The fraction of sp³-hybridized carbons (Fsp3) is 0.407. The van der Waals surface area contributed by atoms with Crippen molar-refractivity contribution in [1.82, 2.24) is 4.98 Å². The van der Waals surface area contributed by atoms with Gasteiger partial charge in [-0.3, -0.25) is 14.6 Å². The number of rotatable bonds is 5. The molecule has 1 saturated carbocycles. The highest BCUT2D eigenvalue weighted by Crippen LogP contribution is 2.62. The van der Waals surface area contributed by atoms with Gasteiger partial charge in [0.2, 0.25) is 5.91 Å². The van der Waals surface area contributed by atoms with E-state index < -0.39 is 59.4 Å². The molecule has 1 aliphatic carbocycles. The maximum Gasteiger partial charge on any atom is 0.313 e. The van der Waals surface area contributed by atoms with Crippen LogP contribution in [0.3, 0.4) is 0 Å². The molecule has 8 heteroatoms. The number of nitrogens with two attached hydrogens (primary N) is 1. The lowest BCUT2D eigenvalue weighted by Gasteiger charge is -2.49. The van der Waals surface area contributed by atoms with Crippen LogP contribution in [0.1, 0.15) is 38.4 Å². The summed E-state index contributed by atoms with van der Waals surface area (Å²) in [6.07, 6.45) is 3.51. The summed E-state index contributed by atoms with van der Waals surface area (Å²) in [5.41, 5.74) is 6.39. The first kappa shape index (κ1) is 24.5. The van der Waals surface area contributed by atoms with Crippen molar-refractivity contribution in [3.05, 3.63) is 59.9 Å². The average molecular weight is 480 g/mol. The van der Waals surface area contributed by atoms with Crippen LogP contribution in [-0.2, 0) is 14.3 Å². The van der Waals surface area contributed by atoms with E-state index in [9.17, 15) is 14.9 Å². The summed E-state index contributed by atoms with van der Waals surface area (Å²) in [4.78, 5) is 29.4. The molecule has 6 atom stereocenters. The van der Waals surface area contributed by atoms with Crippen LogP contribution in [0.5, 0.6) is 0 Å². The Bertz CT molecular complexity index is 1220. The minimum Gasteiger partial charge on any atom is -0.462 e. The lowest BCUT2D eigenvalue weighted by Crippen LogP contribution is -2.58. The minimum absolute atomic E-state index is 0.524. The molecular formula is C27H27F2N3O3. The van der Waals surface area contributed by atoms with Crippen molar-refractivity contribution in [1.29, 1.82) is 5.26 Å². The molecule has 1 saturated heterocycles. The molecule has 1 aliphatic heterocycles. The topological polar surface area (TPSA) is 106 Å². The third kappa shape index (κ3) is 3.99. The number of primary amides is 1. The second kappa shape index (κ2) is 8.88. The van der Waals surface area contributed by atoms with E-state index in [4.69, 9.17) is 10.5 Å². The first-order chi connectivity index (χ1) is 16.5. The van der Waals surface area contributed by atoms with Crippen LogP contribution in [-0.4, -0.2) is 28.9 Å². The van der Waals surface area contributed by atoms with Crippen molar-refractivity contribution in [2.45, 2.75) is 39.2 Å². The van der Waals surface area contributed by atoms with E-state index in [2.05, 4.69) is 11.1 Å². The first-order valence-electron chi connectivity index (χ1n) is 11.5. The Morgan fingerprint density at radius 2 is 2.00 bits per heavy atom. The van der Waals surface area contributed by atoms with Crippen LogP contribution >= 0.6 is 0 Å². The maximum absolute atomic E-state index is 15.3. The number of alkyl halides is 2. The molecule has 0 spiro atoms. The molecule has 6 nitrogen and oxygen atoms in total. The largest absolute Gasteiger partial charge is 0.462 e. The van der Waals surface area contributed by atoms with E-state index in [1.807, 2.05) is 18.2 Å². The van der Waals surface area contributed by atoms with Crippen molar-refractivity contribution in [2.75, 3.05) is 0 Å². The van der Waals surface area contributed by atoms with Gasteiger partial charge in [0, 0.05) is 35.6 Å². The number of carbonyl (C=O) groups excluding carboxylic acids is 2. The van der Waals surface area contributed by atoms with Crippen LogP contribution in [0.15, 0.2) is 48.7 Å². The highest BCUT2D eigenvalue weighted by atomic mass is 19.3. The Balaban J connectivity index is 1.69. The molecule has 2 fully saturated rings. The highest BCUT2D eigenvalue weighted by molar-refractivity contribution is 5.89. The van der Waals surface area contributed by atoms with Gasteiger partial charge in [0.15, 0.2) is 0 Å². The predicted molar refractivity (Wildman–Crippen MR) is 125 cm³/mol. The van der Waals surface area contributed by atoms with Crippen LogP contribution < -0.4 is 5.73 Å². The number of amides is 1. The van der Waals surface area contributed by atoms with Gasteiger partial charge < -0.3 is 10.5 Å². The van der Waals surface area contributed by atoms with Gasteiger partial charge in [-0.15, -0.1) is 0 Å². The predicted octanol–water partition coefficient (Wildman–Crippen LogP) is 4.59. The normalized spacial score (nSPS) is 30.3. The Kier molecular flexibility index (Phi) is 6.22. The molecule has 35 heavy (non-hydrogen) atoms. The maximum atomic E-state index is 15.3. The number of esters is 1. The van der Waals surface area contributed by atoms with Crippen LogP contribution in [0, 0.1) is 40.4 Å². The number of halogens is 2. The Hall–Kier alpha value is -3.60. The van der Waals surface area contributed by atoms with Gasteiger partial charge in [-0.25, -0.2) is 8.78 Å². The standard InChI is InChI=1S/C27H27F2N3O3/c1-15-21(11-10-20-9-8-19(13-32-20)22-7-5-4-6-18(22)12-30)23-17(3)35-25(34)26(23,14-27(15,28)29)16(2)24(31)33/h4-11,13,15-17,21,23H,14H2,1-3H3,(H2,31,33)/t15-,16-,17+,21-,23-,26-/m0/s1.